The standard InChI is InChI=1S/C13H12BrClN2S/c14-9-6-8(3-4-10(9)15)13-17-12(7-18-13)11-2-1-5-16-11/h3-4,6-7,11,16H,1-2,5H2. The van der Waals surface area contributed by atoms with Gasteiger partial charge in [0.25, 0.3) is 0 Å². The first-order chi connectivity index (χ1) is 8.74. The van der Waals surface area contributed by atoms with E-state index < -0.39 is 0 Å². The molecule has 2 aromatic rings. The quantitative estimate of drug-likeness (QED) is 0.858. The number of benzene rings is 1. The molecule has 3 rings (SSSR count). The summed E-state index contributed by atoms with van der Waals surface area (Å²) < 4.78 is 0.914. The first kappa shape index (κ1) is 12.6. The van der Waals surface area contributed by atoms with Crippen molar-refractivity contribution in [3.8, 4) is 10.6 Å². The summed E-state index contributed by atoms with van der Waals surface area (Å²) in [6.45, 7) is 1.10. The van der Waals surface area contributed by atoms with Gasteiger partial charge in [0.1, 0.15) is 5.01 Å². The number of rotatable bonds is 2. The monoisotopic (exact) mass is 342 g/mol. The number of halogens is 2. The van der Waals surface area contributed by atoms with Crippen molar-refractivity contribution in [2.75, 3.05) is 6.54 Å². The van der Waals surface area contributed by atoms with E-state index in [1.807, 2.05) is 18.2 Å². The molecule has 1 aliphatic rings. The molecule has 1 atom stereocenters. The average molecular weight is 344 g/mol. The maximum absolute atomic E-state index is 6.00. The SMILES string of the molecule is Clc1ccc(-c2nc(C3CCCN3)cs2)cc1Br. The Hall–Kier alpha value is -0.420. The van der Waals surface area contributed by atoms with E-state index in [9.17, 15) is 0 Å². The Morgan fingerprint density at radius 1 is 1.44 bits per heavy atom. The van der Waals surface area contributed by atoms with Gasteiger partial charge in [0.05, 0.1) is 16.8 Å². The highest BCUT2D eigenvalue weighted by molar-refractivity contribution is 9.10. The van der Waals surface area contributed by atoms with Crippen LogP contribution in [0.4, 0.5) is 0 Å². The van der Waals surface area contributed by atoms with Gasteiger partial charge in [-0.15, -0.1) is 11.3 Å². The Kier molecular flexibility index (Phi) is 3.71. The minimum absolute atomic E-state index is 0.436. The fourth-order valence-electron chi connectivity index (χ4n) is 2.14. The lowest BCUT2D eigenvalue weighted by Crippen LogP contribution is -2.12. The zero-order chi connectivity index (χ0) is 12.5. The number of nitrogens with zero attached hydrogens (tertiary/aromatic N) is 1. The lowest BCUT2D eigenvalue weighted by Gasteiger charge is -2.05. The highest BCUT2D eigenvalue weighted by Gasteiger charge is 2.19. The summed E-state index contributed by atoms with van der Waals surface area (Å²) in [5.74, 6) is 0. The normalized spacial score (nSPS) is 19.3. The van der Waals surface area contributed by atoms with Crippen LogP contribution in [-0.2, 0) is 0 Å². The van der Waals surface area contributed by atoms with Gasteiger partial charge >= 0.3 is 0 Å². The van der Waals surface area contributed by atoms with Crippen LogP contribution in [0.3, 0.4) is 0 Å². The fraction of sp³-hybridized carbons (Fsp3) is 0.308. The van der Waals surface area contributed by atoms with Gasteiger partial charge in [-0.3, -0.25) is 0 Å². The Morgan fingerprint density at radius 2 is 2.33 bits per heavy atom. The van der Waals surface area contributed by atoms with Gasteiger partial charge in [-0.2, -0.15) is 0 Å². The van der Waals surface area contributed by atoms with E-state index in [4.69, 9.17) is 16.6 Å². The highest BCUT2D eigenvalue weighted by Crippen LogP contribution is 2.32. The number of aromatic nitrogens is 1. The summed E-state index contributed by atoms with van der Waals surface area (Å²) in [4.78, 5) is 4.73. The van der Waals surface area contributed by atoms with Gasteiger partial charge in [-0.25, -0.2) is 4.98 Å². The van der Waals surface area contributed by atoms with Gasteiger partial charge in [0, 0.05) is 15.4 Å². The third-order valence-corrected chi connectivity index (χ3v) is 5.23. The highest BCUT2D eigenvalue weighted by atomic mass is 79.9. The van der Waals surface area contributed by atoms with Crippen LogP contribution in [0, 0.1) is 0 Å². The predicted octanol–water partition coefficient (Wildman–Crippen LogP) is 4.65. The number of thiazole rings is 1. The molecule has 2 nitrogen and oxygen atoms in total. The summed E-state index contributed by atoms with van der Waals surface area (Å²) in [6, 6.07) is 6.37. The minimum atomic E-state index is 0.436. The third kappa shape index (κ3) is 2.48. The van der Waals surface area contributed by atoms with Crippen LogP contribution in [-0.4, -0.2) is 11.5 Å². The molecular weight excluding hydrogens is 332 g/mol. The average Bonchev–Trinajstić information content (AvgIpc) is 3.01. The molecule has 0 bridgehead atoms. The molecule has 0 aliphatic carbocycles. The molecule has 1 fully saturated rings. The van der Waals surface area contributed by atoms with Crippen molar-refractivity contribution in [1.29, 1.82) is 0 Å². The van der Waals surface area contributed by atoms with E-state index in [2.05, 4.69) is 26.6 Å². The van der Waals surface area contributed by atoms with Gasteiger partial charge in [-0.05, 0) is 47.4 Å². The van der Waals surface area contributed by atoms with Crippen molar-refractivity contribution in [3.63, 3.8) is 0 Å². The van der Waals surface area contributed by atoms with Crippen molar-refractivity contribution in [2.24, 2.45) is 0 Å². The second kappa shape index (κ2) is 5.29. The predicted molar refractivity (Wildman–Crippen MR) is 80.2 cm³/mol. The van der Waals surface area contributed by atoms with Crippen LogP contribution in [0.15, 0.2) is 28.1 Å². The summed E-state index contributed by atoms with van der Waals surface area (Å²) in [6.07, 6.45) is 2.43. The van der Waals surface area contributed by atoms with E-state index in [0.29, 0.717) is 6.04 Å². The second-order valence-corrected chi connectivity index (χ2v) is 6.47. The Morgan fingerprint density at radius 3 is 3.06 bits per heavy atom. The molecule has 0 amide bonds. The van der Waals surface area contributed by atoms with E-state index in [0.717, 1.165) is 26.6 Å². The Labute approximate surface area is 124 Å². The fourth-order valence-corrected chi connectivity index (χ4v) is 3.51. The lowest BCUT2D eigenvalue weighted by molar-refractivity contribution is 0.632. The molecule has 0 saturated carbocycles. The van der Waals surface area contributed by atoms with Crippen molar-refractivity contribution in [1.82, 2.24) is 10.3 Å². The summed E-state index contributed by atoms with van der Waals surface area (Å²) in [7, 11) is 0. The molecule has 1 saturated heterocycles. The molecule has 0 radical (unpaired) electrons. The van der Waals surface area contributed by atoms with Gasteiger partial charge in [0.2, 0.25) is 0 Å². The van der Waals surface area contributed by atoms with E-state index in [1.54, 1.807) is 11.3 Å². The molecule has 1 aromatic carbocycles. The summed E-state index contributed by atoms with van der Waals surface area (Å²) in [5.41, 5.74) is 2.28. The Bertz CT molecular complexity index is 564. The maximum atomic E-state index is 6.00. The second-order valence-electron chi connectivity index (χ2n) is 4.36. The van der Waals surface area contributed by atoms with Crippen molar-refractivity contribution in [3.05, 3.63) is 38.8 Å². The summed E-state index contributed by atoms with van der Waals surface area (Å²) >= 11 is 11.1. The minimum Gasteiger partial charge on any atom is -0.309 e. The van der Waals surface area contributed by atoms with Crippen molar-refractivity contribution in [2.45, 2.75) is 18.9 Å². The third-order valence-electron chi connectivity index (χ3n) is 3.11. The van der Waals surface area contributed by atoms with E-state index in [1.165, 1.54) is 18.5 Å². The van der Waals surface area contributed by atoms with Gasteiger partial charge in [0.15, 0.2) is 0 Å². The molecule has 94 valence electrons. The largest absolute Gasteiger partial charge is 0.309 e. The first-order valence-corrected chi connectivity index (χ1v) is 7.93. The van der Waals surface area contributed by atoms with E-state index in [-0.39, 0.29) is 0 Å². The molecule has 5 heteroatoms. The number of hydrogen-bond acceptors (Lipinski definition) is 3. The Balaban J connectivity index is 1.89. The molecule has 18 heavy (non-hydrogen) atoms. The van der Waals surface area contributed by atoms with Gasteiger partial charge < -0.3 is 5.32 Å². The van der Waals surface area contributed by atoms with E-state index >= 15 is 0 Å². The van der Waals surface area contributed by atoms with Crippen molar-refractivity contribution >= 4 is 38.9 Å². The topological polar surface area (TPSA) is 24.9 Å². The zero-order valence-corrected chi connectivity index (χ0v) is 12.8. The molecule has 1 N–H and O–H groups in total. The van der Waals surface area contributed by atoms with Crippen LogP contribution in [0.25, 0.3) is 10.6 Å². The number of nitrogens with one attached hydrogen (secondary N) is 1. The van der Waals surface area contributed by atoms with Crippen LogP contribution in [0.5, 0.6) is 0 Å². The molecule has 0 spiro atoms. The van der Waals surface area contributed by atoms with Gasteiger partial charge in [-0.1, -0.05) is 17.7 Å². The zero-order valence-electron chi connectivity index (χ0n) is 9.62. The summed E-state index contributed by atoms with van der Waals surface area (Å²) in [5, 5.41) is 7.41. The molecule has 1 aromatic heterocycles. The number of hydrogen-bond donors (Lipinski definition) is 1. The smallest absolute Gasteiger partial charge is 0.123 e. The van der Waals surface area contributed by atoms with Crippen LogP contribution >= 0.6 is 38.9 Å². The first-order valence-electron chi connectivity index (χ1n) is 5.88. The molecule has 1 aliphatic heterocycles. The lowest BCUT2D eigenvalue weighted by atomic mass is 10.2. The van der Waals surface area contributed by atoms with Crippen LogP contribution in [0.1, 0.15) is 24.6 Å². The molecular formula is C13H12BrClN2S. The molecule has 1 unspecified atom stereocenters. The van der Waals surface area contributed by atoms with Crippen molar-refractivity contribution < 1.29 is 0 Å². The van der Waals surface area contributed by atoms with Crippen LogP contribution in [0.2, 0.25) is 5.02 Å². The van der Waals surface area contributed by atoms with Crippen LogP contribution < -0.4 is 5.32 Å². The molecule has 2 heterocycles. The maximum Gasteiger partial charge on any atom is 0.123 e.